The predicted octanol–water partition coefficient (Wildman–Crippen LogP) is 3.22. The Kier molecular flexibility index (Phi) is 8.07. The normalized spacial score (nSPS) is 19.4. The molecule has 0 bridgehead atoms. The Balaban J connectivity index is 1.42. The number of rotatable bonds is 7. The number of hydrogen-bond acceptors (Lipinski definition) is 6. The molecule has 0 spiro atoms. The van der Waals surface area contributed by atoms with Gasteiger partial charge >= 0.3 is 5.97 Å². The van der Waals surface area contributed by atoms with Crippen molar-refractivity contribution < 1.29 is 14.1 Å². The smallest absolute Gasteiger partial charge is 0.308 e. The van der Waals surface area contributed by atoms with Gasteiger partial charge in [-0.2, -0.15) is 4.98 Å². The van der Waals surface area contributed by atoms with Crippen molar-refractivity contribution in [3.8, 4) is 11.4 Å². The first-order chi connectivity index (χ1) is 14.6. The van der Waals surface area contributed by atoms with Gasteiger partial charge in [-0.15, -0.1) is 0 Å². The van der Waals surface area contributed by atoms with Gasteiger partial charge in [-0.1, -0.05) is 28.9 Å². The molecule has 9 heteroatoms. The number of nitrogens with one attached hydrogen (secondary N) is 2. The fourth-order valence-corrected chi connectivity index (χ4v) is 3.70. The maximum Gasteiger partial charge on any atom is 0.308 e. The summed E-state index contributed by atoms with van der Waals surface area (Å²) >= 11 is 6.01. The lowest BCUT2D eigenvalue weighted by Crippen LogP contribution is -2.45. The van der Waals surface area contributed by atoms with Crippen LogP contribution in [0.15, 0.2) is 33.8 Å². The third-order valence-corrected chi connectivity index (χ3v) is 5.33. The Bertz CT molecular complexity index is 862. The number of benzene rings is 1. The molecule has 0 unspecified atom stereocenters. The van der Waals surface area contributed by atoms with E-state index in [-0.39, 0.29) is 11.9 Å². The summed E-state index contributed by atoms with van der Waals surface area (Å²) in [5.41, 5.74) is 0.821. The van der Waals surface area contributed by atoms with Crippen molar-refractivity contribution in [3.63, 3.8) is 0 Å². The van der Waals surface area contributed by atoms with Crippen molar-refractivity contribution in [2.75, 3.05) is 20.2 Å². The van der Waals surface area contributed by atoms with Crippen LogP contribution in [0.4, 0.5) is 0 Å². The van der Waals surface area contributed by atoms with E-state index in [0.717, 1.165) is 37.2 Å². The number of guanidine groups is 1. The Labute approximate surface area is 181 Å². The van der Waals surface area contributed by atoms with E-state index >= 15 is 0 Å². The molecule has 30 heavy (non-hydrogen) atoms. The fraction of sp³-hybridized carbons (Fsp3) is 0.524. The molecule has 0 atom stereocenters. The largest absolute Gasteiger partial charge is 0.466 e. The van der Waals surface area contributed by atoms with Crippen LogP contribution >= 0.6 is 11.6 Å². The van der Waals surface area contributed by atoms with E-state index in [9.17, 15) is 4.79 Å². The molecule has 0 radical (unpaired) electrons. The standard InChI is InChI=1S/C21H28ClN5O3/c1-3-29-20(28)14-7-9-17(10-8-14)25-21(23-2)24-12-11-18-26-19(27-30-18)15-5-4-6-16(22)13-15/h4-6,13-14,17H,3,7-12H2,1-2H3,(H2,23,24,25). The van der Waals surface area contributed by atoms with E-state index in [1.165, 1.54) is 0 Å². The zero-order chi connectivity index (χ0) is 21.3. The lowest BCUT2D eigenvalue weighted by molar-refractivity contribution is -0.149. The minimum Gasteiger partial charge on any atom is -0.466 e. The number of esters is 1. The molecular weight excluding hydrogens is 406 g/mol. The van der Waals surface area contributed by atoms with Gasteiger partial charge in [-0.25, -0.2) is 0 Å². The molecule has 3 rings (SSSR count). The monoisotopic (exact) mass is 433 g/mol. The summed E-state index contributed by atoms with van der Waals surface area (Å²) in [5, 5.41) is 11.4. The molecule has 162 valence electrons. The van der Waals surface area contributed by atoms with Crippen LogP contribution in [0.5, 0.6) is 0 Å². The van der Waals surface area contributed by atoms with Crippen molar-refractivity contribution in [2.45, 2.75) is 45.1 Å². The molecule has 1 aliphatic carbocycles. The number of carbonyl (C=O) groups is 1. The van der Waals surface area contributed by atoms with Gasteiger partial charge < -0.3 is 19.9 Å². The Morgan fingerprint density at radius 2 is 2.13 bits per heavy atom. The summed E-state index contributed by atoms with van der Waals surface area (Å²) in [4.78, 5) is 20.6. The number of ether oxygens (including phenoxy) is 1. The van der Waals surface area contributed by atoms with Crippen molar-refractivity contribution in [2.24, 2.45) is 10.9 Å². The van der Waals surface area contributed by atoms with Gasteiger partial charge in [0.05, 0.1) is 12.5 Å². The maximum absolute atomic E-state index is 11.9. The minimum atomic E-state index is -0.0739. The van der Waals surface area contributed by atoms with Gasteiger partial charge in [0.15, 0.2) is 5.96 Å². The van der Waals surface area contributed by atoms with E-state index in [1.54, 1.807) is 19.2 Å². The Morgan fingerprint density at radius 1 is 1.33 bits per heavy atom. The van der Waals surface area contributed by atoms with Gasteiger partial charge in [0.1, 0.15) is 0 Å². The summed E-state index contributed by atoms with van der Waals surface area (Å²) in [6, 6.07) is 7.64. The van der Waals surface area contributed by atoms with Gasteiger partial charge in [0.25, 0.3) is 0 Å². The molecule has 0 saturated heterocycles. The number of hydrogen-bond donors (Lipinski definition) is 2. The molecule has 1 saturated carbocycles. The number of aliphatic imine (C=N–C) groups is 1. The molecule has 8 nitrogen and oxygen atoms in total. The van der Waals surface area contributed by atoms with E-state index < -0.39 is 0 Å². The van der Waals surface area contributed by atoms with Gasteiger partial charge in [0, 0.05) is 36.6 Å². The predicted molar refractivity (Wildman–Crippen MR) is 115 cm³/mol. The van der Waals surface area contributed by atoms with E-state index in [4.69, 9.17) is 20.9 Å². The van der Waals surface area contributed by atoms with Crippen LogP contribution in [0.3, 0.4) is 0 Å². The van der Waals surface area contributed by atoms with Crippen LogP contribution in [-0.4, -0.2) is 48.3 Å². The molecule has 2 N–H and O–H groups in total. The van der Waals surface area contributed by atoms with E-state index in [0.29, 0.717) is 42.4 Å². The quantitative estimate of drug-likeness (QED) is 0.392. The van der Waals surface area contributed by atoms with Gasteiger partial charge in [-0.3, -0.25) is 9.79 Å². The summed E-state index contributed by atoms with van der Waals surface area (Å²) in [6.07, 6.45) is 4.07. The van der Waals surface area contributed by atoms with Crippen LogP contribution in [0.2, 0.25) is 5.02 Å². The van der Waals surface area contributed by atoms with E-state index in [2.05, 4.69) is 25.8 Å². The summed E-state index contributed by atoms with van der Waals surface area (Å²) < 4.78 is 10.5. The van der Waals surface area contributed by atoms with Crippen LogP contribution in [0, 0.1) is 5.92 Å². The number of carbonyl (C=O) groups excluding carboxylic acids is 1. The highest BCUT2D eigenvalue weighted by Gasteiger charge is 2.27. The van der Waals surface area contributed by atoms with Crippen LogP contribution in [-0.2, 0) is 16.0 Å². The molecule has 0 aliphatic heterocycles. The zero-order valence-corrected chi connectivity index (χ0v) is 18.1. The van der Waals surface area contributed by atoms with Crippen molar-refractivity contribution in [1.82, 2.24) is 20.8 Å². The molecule has 1 aliphatic rings. The molecule has 1 fully saturated rings. The molecular formula is C21H28ClN5O3. The first kappa shape index (κ1) is 22.1. The number of aromatic nitrogens is 2. The van der Waals surface area contributed by atoms with Crippen LogP contribution in [0.25, 0.3) is 11.4 Å². The number of halogens is 1. The Morgan fingerprint density at radius 3 is 2.83 bits per heavy atom. The fourth-order valence-electron chi connectivity index (χ4n) is 3.51. The first-order valence-electron chi connectivity index (χ1n) is 10.3. The average Bonchev–Trinajstić information content (AvgIpc) is 3.22. The third kappa shape index (κ3) is 6.19. The van der Waals surface area contributed by atoms with Gasteiger partial charge in [0.2, 0.25) is 11.7 Å². The highest BCUT2D eigenvalue weighted by Crippen LogP contribution is 2.25. The topological polar surface area (TPSA) is 102 Å². The lowest BCUT2D eigenvalue weighted by Gasteiger charge is -2.29. The summed E-state index contributed by atoms with van der Waals surface area (Å²) in [5.74, 6) is 1.74. The second kappa shape index (κ2) is 11.0. The lowest BCUT2D eigenvalue weighted by atomic mass is 9.86. The Hall–Kier alpha value is -2.61. The van der Waals surface area contributed by atoms with Crippen LogP contribution < -0.4 is 10.6 Å². The van der Waals surface area contributed by atoms with Crippen LogP contribution in [0.1, 0.15) is 38.5 Å². The summed E-state index contributed by atoms with van der Waals surface area (Å²) in [6.45, 7) is 2.89. The number of nitrogens with zero attached hydrogens (tertiary/aromatic N) is 3. The molecule has 1 heterocycles. The highest BCUT2D eigenvalue weighted by atomic mass is 35.5. The van der Waals surface area contributed by atoms with Crippen molar-refractivity contribution in [3.05, 3.63) is 35.2 Å². The maximum atomic E-state index is 11.9. The third-order valence-electron chi connectivity index (χ3n) is 5.09. The molecule has 2 aromatic rings. The molecule has 0 amide bonds. The van der Waals surface area contributed by atoms with Crippen molar-refractivity contribution >= 4 is 23.5 Å². The summed E-state index contributed by atoms with van der Waals surface area (Å²) in [7, 11) is 1.74. The minimum absolute atomic E-state index is 0.0178. The second-order valence-electron chi connectivity index (χ2n) is 7.22. The zero-order valence-electron chi connectivity index (χ0n) is 17.4. The second-order valence-corrected chi connectivity index (χ2v) is 7.65. The van der Waals surface area contributed by atoms with E-state index in [1.807, 2.05) is 19.1 Å². The first-order valence-corrected chi connectivity index (χ1v) is 10.7. The van der Waals surface area contributed by atoms with Gasteiger partial charge in [-0.05, 0) is 44.7 Å². The SMILES string of the molecule is CCOC(=O)C1CCC(NC(=NC)NCCc2nc(-c3cccc(Cl)c3)no2)CC1. The molecule has 1 aromatic heterocycles. The molecule has 1 aromatic carbocycles. The highest BCUT2D eigenvalue weighted by molar-refractivity contribution is 6.30. The average molecular weight is 434 g/mol. The van der Waals surface area contributed by atoms with Crippen molar-refractivity contribution in [1.29, 1.82) is 0 Å².